The molecule has 0 aliphatic rings. The maximum absolute atomic E-state index is 12.3. The molecule has 1 N–H and O–H groups in total. The third kappa shape index (κ3) is 5.24. The molecule has 1 amide bonds. The Labute approximate surface area is 194 Å². The summed E-state index contributed by atoms with van der Waals surface area (Å²) in [6.45, 7) is 2.04. The lowest BCUT2D eigenvalue weighted by Crippen LogP contribution is -2.19. The van der Waals surface area contributed by atoms with Crippen molar-refractivity contribution in [1.82, 2.24) is 20.2 Å². The van der Waals surface area contributed by atoms with Gasteiger partial charge in [-0.05, 0) is 42.6 Å². The van der Waals surface area contributed by atoms with E-state index in [1.807, 2.05) is 77.5 Å². The summed E-state index contributed by atoms with van der Waals surface area (Å²) in [5.74, 6) is 1.40. The Bertz CT molecular complexity index is 1200. The molecule has 4 aromatic rings. The van der Waals surface area contributed by atoms with Gasteiger partial charge in [-0.3, -0.25) is 9.36 Å². The van der Waals surface area contributed by atoms with Gasteiger partial charge in [0.25, 0.3) is 5.91 Å². The zero-order valence-corrected chi connectivity index (χ0v) is 19.2. The van der Waals surface area contributed by atoms with Crippen molar-refractivity contribution in [3.8, 4) is 22.8 Å². The summed E-state index contributed by atoms with van der Waals surface area (Å²) in [6, 6.07) is 19.6. The highest BCUT2D eigenvalue weighted by molar-refractivity contribution is 7.99. The maximum atomic E-state index is 12.3. The van der Waals surface area contributed by atoms with Crippen LogP contribution >= 0.6 is 23.1 Å². The first kappa shape index (κ1) is 21.8. The number of nitrogens with zero attached hydrogens (tertiary/aromatic N) is 4. The first-order chi connectivity index (χ1) is 15.6. The predicted molar refractivity (Wildman–Crippen MR) is 129 cm³/mol. The van der Waals surface area contributed by atoms with Gasteiger partial charge in [0.05, 0.1) is 19.1 Å². The Morgan fingerprint density at radius 3 is 2.62 bits per heavy atom. The number of nitrogens with one attached hydrogen (secondary N) is 1. The monoisotopic (exact) mass is 463 g/mol. The number of aromatic nitrogens is 3. The number of benzene rings is 2. The summed E-state index contributed by atoms with van der Waals surface area (Å²) in [7, 11) is 1.63. The van der Waals surface area contributed by atoms with Crippen LogP contribution in [0.15, 0.2) is 76.3 Å². The molecule has 2 aromatic heterocycles. The van der Waals surface area contributed by atoms with Gasteiger partial charge in [-0.25, -0.2) is 5.43 Å². The van der Waals surface area contributed by atoms with E-state index in [4.69, 9.17) is 4.74 Å². The van der Waals surface area contributed by atoms with Crippen LogP contribution in [0.3, 0.4) is 0 Å². The fraction of sp³-hybridized carbons (Fsp3) is 0.130. The molecule has 162 valence electrons. The first-order valence-electron chi connectivity index (χ1n) is 9.79. The molecule has 0 unspecified atom stereocenters. The van der Waals surface area contributed by atoms with E-state index in [0.717, 1.165) is 21.9 Å². The summed E-state index contributed by atoms with van der Waals surface area (Å²) in [5, 5.41) is 15.3. The van der Waals surface area contributed by atoms with Gasteiger partial charge in [0.15, 0.2) is 11.0 Å². The molecule has 0 aliphatic carbocycles. The number of aryl methyl sites for hydroxylation is 1. The number of thiophene rings is 1. The van der Waals surface area contributed by atoms with Crippen molar-refractivity contribution in [2.24, 2.45) is 5.10 Å². The van der Waals surface area contributed by atoms with E-state index in [1.54, 1.807) is 24.7 Å². The van der Waals surface area contributed by atoms with Crippen molar-refractivity contribution in [2.75, 3.05) is 12.9 Å². The van der Waals surface area contributed by atoms with E-state index in [-0.39, 0.29) is 11.7 Å². The van der Waals surface area contributed by atoms with Crippen LogP contribution in [-0.2, 0) is 4.79 Å². The molecule has 7 nitrogen and oxygen atoms in total. The number of amides is 1. The molecule has 32 heavy (non-hydrogen) atoms. The summed E-state index contributed by atoms with van der Waals surface area (Å²) in [5.41, 5.74) is 5.54. The summed E-state index contributed by atoms with van der Waals surface area (Å²) >= 11 is 2.85. The molecule has 0 bridgehead atoms. The van der Waals surface area contributed by atoms with E-state index >= 15 is 0 Å². The number of carbonyl (C=O) groups excluding carboxylic acids is 1. The van der Waals surface area contributed by atoms with Crippen LogP contribution in [0.25, 0.3) is 17.1 Å². The van der Waals surface area contributed by atoms with Crippen molar-refractivity contribution in [1.29, 1.82) is 0 Å². The SMILES string of the molecule is COc1ccc(-n2c(SCC(=O)NN=Cc3cccs3)nnc2-c2ccc(C)cc2)cc1. The third-order valence-corrected chi connectivity index (χ3v) is 6.27. The Kier molecular flexibility index (Phi) is 6.98. The molecule has 0 aliphatic heterocycles. The van der Waals surface area contributed by atoms with Gasteiger partial charge in [0.2, 0.25) is 0 Å². The molecule has 0 saturated heterocycles. The predicted octanol–water partition coefficient (Wildman–Crippen LogP) is 4.56. The van der Waals surface area contributed by atoms with Gasteiger partial charge in [-0.15, -0.1) is 21.5 Å². The molecule has 4 rings (SSSR count). The standard InChI is InChI=1S/C23H21N5O2S2/c1-16-5-7-17(8-6-16)22-26-27-23(28(22)18-9-11-19(30-2)12-10-18)32-15-21(29)25-24-14-20-4-3-13-31-20/h3-14H,15H2,1-2H3,(H,25,29). The van der Waals surface area contributed by atoms with E-state index in [1.165, 1.54) is 17.3 Å². The highest BCUT2D eigenvalue weighted by Crippen LogP contribution is 2.29. The highest BCUT2D eigenvalue weighted by Gasteiger charge is 2.17. The third-order valence-electron chi connectivity index (χ3n) is 4.53. The number of hydrogen-bond acceptors (Lipinski definition) is 7. The zero-order chi connectivity index (χ0) is 22.3. The number of hydrogen-bond donors (Lipinski definition) is 1. The Morgan fingerprint density at radius 1 is 1.16 bits per heavy atom. The van der Waals surface area contributed by atoms with Crippen molar-refractivity contribution < 1.29 is 9.53 Å². The second kappa shape index (κ2) is 10.3. The van der Waals surface area contributed by atoms with Gasteiger partial charge in [0, 0.05) is 16.1 Å². The molecule has 0 spiro atoms. The lowest BCUT2D eigenvalue weighted by Gasteiger charge is -2.11. The summed E-state index contributed by atoms with van der Waals surface area (Å²) in [6.07, 6.45) is 1.63. The smallest absolute Gasteiger partial charge is 0.250 e. The molecule has 0 fully saturated rings. The normalized spacial score (nSPS) is 11.1. The number of ether oxygens (including phenoxy) is 1. The summed E-state index contributed by atoms with van der Waals surface area (Å²) in [4.78, 5) is 13.2. The highest BCUT2D eigenvalue weighted by atomic mass is 32.2. The van der Waals surface area contributed by atoms with Gasteiger partial charge in [-0.2, -0.15) is 5.10 Å². The number of hydrazone groups is 1. The lowest BCUT2D eigenvalue weighted by molar-refractivity contribution is -0.118. The average molecular weight is 464 g/mol. The van der Waals surface area contributed by atoms with Gasteiger partial charge in [-0.1, -0.05) is 47.7 Å². The topological polar surface area (TPSA) is 81.4 Å². The average Bonchev–Trinajstić information content (AvgIpc) is 3.48. The second-order valence-corrected chi connectivity index (χ2v) is 8.72. The van der Waals surface area contributed by atoms with Crippen LogP contribution in [0.2, 0.25) is 0 Å². The number of thioether (sulfide) groups is 1. The molecule has 0 radical (unpaired) electrons. The van der Waals surface area contributed by atoms with Crippen LogP contribution in [0.1, 0.15) is 10.4 Å². The quantitative estimate of drug-likeness (QED) is 0.235. The van der Waals surface area contributed by atoms with E-state index in [2.05, 4.69) is 20.7 Å². The maximum Gasteiger partial charge on any atom is 0.250 e. The van der Waals surface area contributed by atoms with Gasteiger partial charge in [0.1, 0.15) is 5.75 Å². The minimum absolute atomic E-state index is 0.157. The number of methoxy groups -OCH3 is 1. The van der Waals surface area contributed by atoms with Gasteiger partial charge < -0.3 is 4.74 Å². The molecule has 2 heterocycles. The fourth-order valence-corrected chi connectivity index (χ4v) is 4.24. The van der Waals surface area contributed by atoms with Crippen LogP contribution in [-0.4, -0.2) is 39.7 Å². The molecular weight excluding hydrogens is 442 g/mol. The first-order valence-corrected chi connectivity index (χ1v) is 11.7. The molecule has 9 heteroatoms. The van der Waals surface area contributed by atoms with Crippen molar-refractivity contribution in [3.05, 3.63) is 76.5 Å². The van der Waals surface area contributed by atoms with E-state index in [9.17, 15) is 4.79 Å². The minimum atomic E-state index is -0.219. The van der Waals surface area contributed by atoms with E-state index in [0.29, 0.717) is 11.0 Å². The summed E-state index contributed by atoms with van der Waals surface area (Å²) < 4.78 is 7.22. The van der Waals surface area contributed by atoms with Gasteiger partial charge >= 0.3 is 0 Å². The Hall–Kier alpha value is -3.43. The molecule has 0 atom stereocenters. The molecular formula is C23H21N5O2S2. The van der Waals surface area contributed by atoms with Crippen LogP contribution < -0.4 is 10.2 Å². The van der Waals surface area contributed by atoms with E-state index < -0.39 is 0 Å². The fourth-order valence-electron chi connectivity index (χ4n) is 2.91. The minimum Gasteiger partial charge on any atom is -0.497 e. The van der Waals surface area contributed by atoms with Crippen molar-refractivity contribution in [2.45, 2.75) is 12.1 Å². The zero-order valence-electron chi connectivity index (χ0n) is 17.6. The number of rotatable bonds is 8. The molecule has 0 saturated carbocycles. The Morgan fingerprint density at radius 2 is 1.94 bits per heavy atom. The van der Waals surface area contributed by atoms with Crippen LogP contribution in [0, 0.1) is 6.92 Å². The second-order valence-electron chi connectivity index (χ2n) is 6.80. The molecule has 2 aromatic carbocycles. The lowest BCUT2D eigenvalue weighted by atomic mass is 10.1. The van der Waals surface area contributed by atoms with Crippen LogP contribution in [0.4, 0.5) is 0 Å². The Balaban J connectivity index is 1.55. The van der Waals surface area contributed by atoms with Crippen molar-refractivity contribution in [3.63, 3.8) is 0 Å². The largest absolute Gasteiger partial charge is 0.497 e. The number of carbonyl (C=O) groups is 1. The van der Waals surface area contributed by atoms with Crippen LogP contribution in [0.5, 0.6) is 5.75 Å². The van der Waals surface area contributed by atoms with Crippen molar-refractivity contribution >= 4 is 35.2 Å².